The molecule has 0 aliphatic carbocycles. The Hall–Kier alpha value is -3.73. The van der Waals surface area contributed by atoms with E-state index in [2.05, 4.69) is 5.32 Å². The lowest BCUT2D eigenvalue weighted by atomic mass is 9.68. The summed E-state index contributed by atoms with van der Waals surface area (Å²) in [6, 6.07) is 27.5. The van der Waals surface area contributed by atoms with Crippen LogP contribution in [0.5, 0.6) is 0 Å². The lowest BCUT2D eigenvalue weighted by Gasteiger charge is -2.35. The minimum Gasteiger partial charge on any atom is -0.467 e. The van der Waals surface area contributed by atoms with E-state index >= 15 is 0 Å². The van der Waals surface area contributed by atoms with Crippen molar-refractivity contribution in [1.29, 1.82) is 0 Å². The molecule has 0 aliphatic heterocycles. The first kappa shape index (κ1) is 22.9. The minimum atomic E-state index is -1.20. The summed E-state index contributed by atoms with van der Waals surface area (Å²) in [5.41, 5.74) is 1.10. The zero-order valence-corrected chi connectivity index (χ0v) is 18.3. The van der Waals surface area contributed by atoms with Gasteiger partial charge in [-0.3, -0.25) is 4.79 Å². The molecule has 32 heavy (non-hydrogen) atoms. The molecule has 0 fully saturated rings. The van der Waals surface area contributed by atoms with E-state index in [1.807, 2.05) is 91.0 Å². The van der Waals surface area contributed by atoms with Gasteiger partial charge in [0.05, 0.1) is 7.11 Å². The van der Waals surface area contributed by atoms with Gasteiger partial charge in [-0.25, -0.2) is 4.79 Å². The molecule has 0 spiro atoms. The number of nitrogens with one attached hydrogen (secondary N) is 1. The van der Waals surface area contributed by atoms with Crippen LogP contribution < -0.4 is 5.32 Å². The minimum absolute atomic E-state index is 0.0615. The third-order valence-corrected chi connectivity index (χ3v) is 5.54. The highest BCUT2D eigenvalue weighted by molar-refractivity contribution is 5.98. The fourth-order valence-corrected chi connectivity index (χ4v) is 3.96. The molecule has 0 heterocycles. The topological polar surface area (TPSA) is 72.5 Å². The number of rotatable bonds is 9. The molecular weight excluding hydrogens is 402 g/mol. The molecule has 5 nitrogen and oxygen atoms in total. The summed E-state index contributed by atoms with van der Waals surface area (Å²) in [7, 11) is 1.27. The highest BCUT2D eigenvalue weighted by atomic mass is 16.5. The molecule has 1 atom stereocenters. The van der Waals surface area contributed by atoms with Crippen molar-refractivity contribution in [1.82, 2.24) is 5.32 Å². The van der Waals surface area contributed by atoms with Crippen LogP contribution in [0.15, 0.2) is 91.0 Å². The zero-order valence-electron chi connectivity index (χ0n) is 18.3. The first-order valence-electron chi connectivity index (χ1n) is 10.5. The van der Waals surface area contributed by atoms with E-state index in [0.29, 0.717) is 0 Å². The monoisotopic (exact) mass is 429 g/mol. The Morgan fingerprint density at radius 1 is 0.781 bits per heavy atom. The molecule has 164 valence electrons. The number of ether oxygens (including phenoxy) is 1. The molecule has 0 aromatic heterocycles. The first-order chi connectivity index (χ1) is 15.5. The molecular formula is C27H27NO4. The van der Waals surface area contributed by atoms with Crippen molar-refractivity contribution in [2.75, 3.05) is 7.11 Å². The molecule has 0 saturated carbocycles. The van der Waals surface area contributed by atoms with Crippen LogP contribution in [0, 0.1) is 0 Å². The van der Waals surface area contributed by atoms with Crippen LogP contribution in [-0.4, -0.2) is 30.8 Å². The Morgan fingerprint density at radius 3 is 1.53 bits per heavy atom. The van der Waals surface area contributed by atoms with Crippen LogP contribution in [0.4, 0.5) is 0 Å². The second-order valence-electron chi connectivity index (χ2n) is 7.64. The van der Waals surface area contributed by atoms with Gasteiger partial charge in [0.2, 0.25) is 5.91 Å². The predicted molar refractivity (Wildman–Crippen MR) is 123 cm³/mol. The van der Waals surface area contributed by atoms with Crippen molar-refractivity contribution in [3.8, 4) is 0 Å². The van der Waals surface area contributed by atoms with Crippen molar-refractivity contribution in [3.05, 3.63) is 108 Å². The Morgan fingerprint density at radius 2 is 1.19 bits per heavy atom. The average Bonchev–Trinajstić information content (AvgIpc) is 2.83. The van der Waals surface area contributed by atoms with Gasteiger partial charge in [-0.1, -0.05) is 91.0 Å². The normalized spacial score (nSPS) is 11.9. The fourth-order valence-electron chi connectivity index (χ4n) is 3.96. The van der Waals surface area contributed by atoms with Crippen molar-refractivity contribution in [2.24, 2.45) is 0 Å². The Balaban J connectivity index is 2.18. The predicted octanol–water partition coefficient (Wildman–Crippen LogP) is 4.05. The fraction of sp³-hybridized carbons (Fsp3) is 0.222. The average molecular weight is 430 g/mol. The van der Waals surface area contributed by atoms with Gasteiger partial charge in [0.1, 0.15) is 17.2 Å². The number of hydrogen-bond donors (Lipinski definition) is 1. The molecule has 1 amide bonds. The second-order valence-corrected chi connectivity index (χ2v) is 7.64. The van der Waals surface area contributed by atoms with Gasteiger partial charge in [0.15, 0.2) is 0 Å². The van der Waals surface area contributed by atoms with Crippen LogP contribution in [0.25, 0.3) is 0 Å². The number of methoxy groups -OCH3 is 1. The standard InChI is InChI=1S/C27H27NO4/c1-20(29)18-19-24(25(30)32-2)28-26(31)27(21-12-6-3-7-13-21,22-14-8-4-9-15-22)23-16-10-5-11-17-23/h3-17,24H,18-19H2,1-2H3,(H,28,31)/t24-/m1/s1. The van der Waals surface area contributed by atoms with Gasteiger partial charge in [0, 0.05) is 6.42 Å². The number of carbonyl (C=O) groups is 3. The Kier molecular flexibility index (Phi) is 7.55. The number of hydrogen-bond acceptors (Lipinski definition) is 4. The molecule has 5 heteroatoms. The highest BCUT2D eigenvalue weighted by Crippen LogP contribution is 2.39. The van der Waals surface area contributed by atoms with E-state index in [9.17, 15) is 14.4 Å². The summed E-state index contributed by atoms with van der Waals surface area (Å²) in [6.45, 7) is 1.46. The maximum atomic E-state index is 14.1. The summed E-state index contributed by atoms with van der Waals surface area (Å²) >= 11 is 0. The van der Waals surface area contributed by atoms with Gasteiger partial charge in [0.25, 0.3) is 0 Å². The maximum absolute atomic E-state index is 14.1. The third-order valence-electron chi connectivity index (χ3n) is 5.54. The van der Waals surface area contributed by atoms with Crippen LogP contribution in [0.1, 0.15) is 36.5 Å². The molecule has 0 bridgehead atoms. The molecule has 0 aliphatic rings. The van der Waals surface area contributed by atoms with Crippen LogP contribution in [-0.2, 0) is 24.5 Å². The first-order valence-corrected chi connectivity index (χ1v) is 10.5. The summed E-state index contributed by atoms with van der Waals surface area (Å²) < 4.78 is 4.91. The van der Waals surface area contributed by atoms with Gasteiger partial charge in [-0.05, 0) is 30.0 Å². The van der Waals surface area contributed by atoms with Crippen molar-refractivity contribution >= 4 is 17.7 Å². The number of benzene rings is 3. The molecule has 3 rings (SSSR count). The van der Waals surface area contributed by atoms with Crippen LogP contribution in [0.3, 0.4) is 0 Å². The van der Waals surface area contributed by atoms with E-state index in [0.717, 1.165) is 16.7 Å². The van der Waals surface area contributed by atoms with Gasteiger partial charge in [-0.15, -0.1) is 0 Å². The maximum Gasteiger partial charge on any atom is 0.328 e. The third kappa shape index (κ3) is 4.78. The van der Waals surface area contributed by atoms with Crippen molar-refractivity contribution in [3.63, 3.8) is 0 Å². The van der Waals surface area contributed by atoms with Crippen molar-refractivity contribution in [2.45, 2.75) is 31.2 Å². The van der Waals surface area contributed by atoms with Gasteiger partial charge < -0.3 is 14.8 Å². The van der Waals surface area contributed by atoms with E-state index in [4.69, 9.17) is 4.74 Å². The highest BCUT2D eigenvalue weighted by Gasteiger charge is 2.45. The summed E-state index contributed by atoms with van der Waals surface area (Å²) in [4.78, 5) is 38.1. The lowest BCUT2D eigenvalue weighted by molar-refractivity contribution is -0.145. The quantitative estimate of drug-likeness (QED) is 0.411. The molecule has 3 aromatic carbocycles. The summed E-state index contributed by atoms with van der Waals surface area (Å²) in [5, 5.41) is 2.89. The van der Waals surface area contributed by atoms with E-state index in [-0.39, 0.29) is 24.5 Å². The summed E-state index contributed by atoms with van der Waals surface area (Å²) in [5.74, 6) is -1.00. The van der Waals surface area contributed by atoms with Crippen LogP contribution >= 0.6 is 0 Å². The molecule has 0 radical (unpaired) electrons. The number of Topliss-reactive ketones (excluding diaryl/α,β-unsaturated/α-hetero) is 1. The molecule has 1 N–H and O–H groups in total. The Bertz CT molecular complexity index is 952. The number of esters is 1. The molecule has 0 unspecified atom stereocenters. The largest absolute Gasteiger partial charge is 0.467 e. The smallest absolute Gasteiger partial charge is 0.328 e. The second kappa shape index (κ2) is 10.5. The van der Waals surface area contributed by atoms with Crippen molar-refractivity contribution < 1.29 is 19.1 Å². The number of carbonyl (C=O) groups excluding carboxylic acids is 3. The van der Waals surface area contributed by atoms with Gasteiger partial charge in [-0.2, -0.15) is 0 Å². The SMILES string of the molecule is COC(=O)[C@@H](CCC(C)=O)NC(=O)C(c1ccccc1)(c1ccccc1)c1ccccc1. The summed E-state index contributed by atoms with van der Waals surface area (Å²) in [6.07, 6.45) is 0.331. The Labute approximate surface area is 188 Å². The van der Waals surface area contributed by atoms with E-state index in [1.54, 1.807) is 0 Å². The number of amides is 1. The van der Waals surface area contributed by atoms with E-state index < -0.39 is 17.4 Å². The molecule has 3 aromatic rings. The number of ketones is 1. The zero-order chi connectivity index (χ0) is 23.0. The van der Waals surface area contributed by atoms with E-state index in [1.165, 1.54) is 14.0 Å². The molecule has 0 saturated heterocycles. The van der Waals surface area contributed by atoms with Crippen LogP contribution in [0.2, 0.25) is 0 Å². The van der Waals surface area contributed by atoms with Gasteiger partial charge >= 0.3 is 5.97 Å². The lowest BCUT2D eigenvalue weighted by Crippen LogP contribution is -2.52.